The Balaban J connectivity index is 0.000000317. The molecule has 1 saturated heterocycles. The number of nitrogens with zero attached hydrogens (tertiary/aromatic N) is 2. The maximum absolute atomic E-state index is 10.6. The summed E-state index contributed by atoms with van der Waals surface area (Å²) in [6.45, 7) is 7.32. The van der Waals surface area contributed by atoms with Gasteiger partial charge in [-0.05, 0) is 56.0 Å². The van der Waals surface area contributed by atoms with E-state index in [4.69, 9.17) is 33.7 Å². The SMILES string of the molecule is Cc1cc(CN2CCO[C@@H]3[C@@H](OCc4ccncc4)CC[C@@H]32)oc1C.O=C(O)C(F)(F)F.O=C(O)C(F)(F)F. The largest absolute Gasteiger partial charge is 0.490 e. The summed E-state index contributed by atoms with van der Waals surface area (Å²) < 4.78 is 81.6. The molecule has 2 N–H and O–H groups in total. The fourth-order valence-corrected chi connectivity index (χ4v) is 3.98. The number of alkyl halides is 6. The molecule has 3 heterocycles. The molecule has 1 saturated carbocycles. The smallest absolute Gasteiger partial charge is 0.475 e. The molecule has 15 heteroatoms. The molecule has 2 fully saturated rings. The second-order valence-electron chi connectivity index (χ2n) is 8.71. The van der Waals surface area contributed by atoms with Gasteiger partial charge in [-0.1, -0.05) is 0 Å². The van der Waals surface area contributed by atoms with Crippen LogP contribution in [0.15, 0.2) is 35.0 Å². The predicted octanol–water partition coefficient (Wildman–Crippen LogP) is 4.51. The van der Waals surface area contributed by atoms with Crippen molar-refractivity contribution in [2.75, 3.05) is 13.2 Å². The summed E-state index contributed by atoms with van der Waals surface area (Å²) in [4.78, 5) is 24.3. The van der Waals surface area contributed by atoms with E-state index in [1.165, 1.54) is 5.56 Å². The van der Waals surface area contributed by atoms with E-state index in [1.54, 1.807) is 0 Å². The highest BCUT2D eigenvalue weighted by Gasteiger charge is 2.43. The van der Waals surface area contributed by atoms with Gasteiger partial charge in [0.25, 0.3) is 0 Å². The van der Waals surface area contributed by atoms with E-state index >= 15 is 0 Å². The van der Waals surface area contributed by atoms with Crippen LogP contribution in [-0.4, -0.2) is 75.8 Å². The Morgan fingerprint density at radius 2 is 1.62 bits per heavy atom. The lowest BCUT2D eigenvalue weighted by molar-refractivity contribution is -0.193. The second kappa shape index (κ2) is 13.8. The second-order valence-corrected chi connectivity index (χ2v) is 8.71. The molecule has 0 spiro atoms. The van der Waals surface area contributed by atoms with E-state index < -0.39 is 24.3 Å². The molecule has 0 unspecified atom stereocenters. The molecular formula is C24H28F6N2O7. The number of carboxylic acid groups (broad SMARTS) is 2. The van der Waals surface area contributed by atoms with Crippen LogP contribution in [-0.2, 0) is 32.2 Å². The number of hydrogen-bond acceptors (Lipinski definition) is 7. The number of morpholine rings is 1. The first-order valence-corrected chi connectivity index (χ1v) is 11.6. The number of aryl methyl sites for hydroxylation is 2. The zero-order chi connectivity index (χ0) is 29.4. The Hall–Kier alpha value is -3.17. The normalized spacial score (nSPS) is 21.2. The molecule has 9 nitrogen and oxygen atoms in total. The number of carboxylic acids is 2. The Bertz CT molecular complexity index is 1030. The molecule has 1 aliphatic heterocycles. The highest BCUT2D eigenvalue weighted by Crippen LogP contribution is 2.33. The van der Waals surface area contributed by atoms with Gasteiger partial charge in [-0.15, -0.1) is 0 Å². The third-order valence-electron chi connectivity index (χ3n) is 5.92. The van der Waals surface area contributed by atoms with Crippen LogP contribution in [0.5, 0.6) is 0 Å². The summed E-state index contributed by atoms with van der Waals surface area (Å²) in [7, 11) is 0. The standard InChI is InChI=1S/C20H26N2O3.2C2HF3O2/c1-14-11-17(25-15(14)2)12-22-9-10-23-20-18(22)3-4-19(20)24-13-16-5-7-21-8-6-16;2*3-2(4,5)1(6)7/h5-8,11,18-20H,3-4,9-10,12-13H2,1-2H3;2*(H,6,7)/t18-,19-,20-;;/m0../s1. The van der Waals surface area contributed by atoms with E-state index in [0.717, 1.165) is 49.6 Å². The Morgan fingerprint density at radius 1 is 1.05 bits per heavy atom. The summed E-state index contributed by atoms with van der Waals surface area (Å²) >= 11 is 0. The summed E-state index contributed by atoms with van der Waals surface area (Å²) in [6, 6.07) is 6.58. The van der Waals surface area contributed by atoms with Crippen LogP contribution in [0, 0.1) is 13.8 Å². The van der Waals surface area contributed by atoms with Crippen molar-refractivity contribution in [3.05, 3.63) is 53.2 Å². The van der Waals surface area contributed by atoms with Crippen LogP contribution in [0.25, 0.3) is 0 Å². The van der Waals surface area contributed by atoms with Gasteiger partial charge in [0.2, 0.25) is 0 Å². The molecule has 218 valence electrons. The first kappa shape index (κ1) is 32.0. The first-order valence-electron chi connectivity index (χ1n) is 11.6. The number of halogens is 6. The number of aliphatic carboxylic acids is 2. The number of carbonyl (C=O) groups is 2. The molecule has 1 aliphatic carbocycles. The summed E-state index contributed by atoms with van der Waals surface area (Å²) in [5, 5.41) is 14.2. The lowest BCUT2D eigenvalue weighted by Crippen LogP contribution is -2.51. The zero-order valence-electron chi connectivity index (χ0n) is 21.0. The number of aromatic nitrogens is 1. The van der Waals surface area contributed by atoms with Gasteiger partial charge in [0.15, 0.2) is 0 Å². The van der Waals surface area contributed by atoms with E-state index in [-0.39, 0.29) is 12.2 Å². The van der Waals surface area contributed by atoms with Gasteiger partial charge in [0.1, 0.15) is 11.5 Å². The average molecular weight is 570 g/mol. The number of furan rings is 1. The fourth-order valence-electron chi connectivity index (χ4n) is 3.98. The van der Waals surface area contributed by atoms with Gasteiger partial charge in [-0.2, -0.15) is 26.3 Å². The van der Waals surface area contributed by atoms with E-state index in [1.807, 2.05) is 31.5 Å². The molecule has 0 aromatic carbocycles. The van der Waals surface area contributed by atoms with Crippen LogP contribution >= 0.6 is 0 Å². The van der Waals surface area contributed by atoms with Crippen molar-refractivity contribution in [2.24, 2.45) is 0 Å². The lowest BCUT2D eigenvalue weighted by atomic mass is 10.1. The molecule has 4 rings (SSSR count). The fraction of sp³-hybridized carbons (Fsp3) is 0.542. The van der Waals surface area contributed by atoms with Gasteiger partial charge >= 0.3 is 24.3 Å². The molecule has 2 aromatic heterocycles. The van der Waals surface area contributed by atoms with Gasteiger partial charge in [0.05, 0.1) is 32.0 Å². The molecule has 2 aliphatic rings. The Labute approximate surface area is 219 Å². The number of ether oxygens (including phenoxy) is 2. The average Bonchev–Trinajstić information content (AvgIpc) is 3.40. The van der Waals surface area contributed by atoms with Gasteiger partial charge in [0, 0.05) is 25.0 Å². The number of hydrogen-bond donors (Lipinski definition) is 2. The molecule has 3 atom stereocenters. The van der Waals surface area contributed by atoms with Crippen molar-refractivity contribution in [3.63, 3.8) is 0 Å². The highest BCUT2D eigenvalue weighted by molar-refractivity contribution is 5.73. The van der Waals surface area contributed by atoms with Crippen LogP contribution in [0.2, 0.25) is 0 Å². The summed E-state index contributed by atoms with van der Waals surface area (Å²) in [5.41, 5.74) is 2.39. The minimum Gasteiger partial charge on any atom is -0.475 e. The van der Waals surface area contributed by atoms with E-state index in [2.05, 4.69) is 22.9 Å². The monoisotopic (exact) mass is 570 g/mol. The van der Waals surface area contributed by atoms with Crippen molar-refractivity contribution < 1.29 is 60.0 Å². The molecule has 0 radical (unpaired) electrons. The van der Waals surface area contributed by atoms with Crippen LogP contribution < -0.4 is 0 Å². The Kier molecular flexibility index (Phi) is 11.3. The van der Waals surface area contributed by atoms with Gasteiger partial charge in [-0.3, -0.25) is 9.88 Å². The molecule has 2 aromatic rings. The third kappa shape index (κ3) is 10.1. The van der Waals surface area contributed by atoms with Crippen LogP contribution in [0.4, 0.5) is 26.3 Å². The topological polar surface area (TPSA) is 122 Å². The highest BCUT2D eigenvalue weighted by atomic mass is 19.4. The van der Waals surface area contributed by atoms with Crippen molar-refractivity contribution >= 4 is 11.9 Å². The molecular weight excluding hydrogens is 542 g/mol. The number of rotatable bonds is 5. The zero-order valence-corrected chi connectivity index (χ0v) is 21.0. The quantitative estimate of drug-likeness (QED) is 0.500. The molecule has 0 amide bonds. The van der Waals surface area contributed by atoms with Crippen molar-refractivity contribution in [3.8, 4) is 0 Å². The van der Waals surface area contributed by atoms with Crippen LogP contribution in [0.3, 0.4) is 0 Å². The van der Waals surface area contributed by atoms with Crippen molar-refractivity contribution in [2.45, 2.75) is 70.4 Å². The first-order chi connectivity index (χ1) is 18.1. The number of pyridine rings is 1. The lowest BCUT2D eigenvalue weighted by Gasteiger charge is -2.38. The van der Waals surface area contributed by atoms with E-state index in [0.29, 0.717) is 12.6 Å². The molecule has 0 bridgehead atoms. The summed E-state index contributed by atoms with van der Waals surface area (Å²) in [5.74, 6) is -3.44. The Morgan fingerprint density at radius 3 is 2.10 bits per heavy atom. The summed E-state index contributed by atoms with van der Waals surface area (Å²) in [6.07, 6.45) is -4.06. The minimum atomic E-state index is -5.08. The predicted molar refractivity (Wildman–Crippen MR) is 122 cm³/mol. The minimum absolute atomic E-state index is 0.160. The van der Waals surface area contributed by atoms with Gasteiger partial charge in [-0.25, -0.2) is 9.59 Å². The third-order valence-corrected chi connectivity index (χ3v) is 5.92. The molecule has 39 heavy (non-hydrogen) atoms. The maximum atomic E-state index is 10.6. The van der Waals surface area contributed by atoms with E-state index in [9.17, 15) is 26.3 Å². The van der Waals surface area contributed by atoms with Crippen molar-refractivity contribution in [1.82, 2.24) is 9.88 Å². The van der Waals surface area contributed by atoms with Crippen LogP contribution in [0.1, 0.15) is 35.5 Å². The van der Waals surface area contributed by atoms with Gasteiger partial charge < -0.3 is 24.1 Å². The van der Waals surface area contributed by atoms with Crippen molar-refractivity contribution in [1.29, 1.82) is 0 Å². The number of fused-ring (bicyclic) bond motifs is 1. The maximum Gasteiger partial charge on any atom is 0.490 e.